The predicted octanol–water partition coefficient (Wildman–Crippen LogP) is 3.82. The van der Waals surface area contributed by atoms with Gasteiger partial charge in [0.2, 0.25) is 0 Å². The van der Waals surface area contributed by atoms with E-state index in [1.54, 1.807) is 30.3 Å². The van der Waals surface area contributed by atoms with Crippen molar-refractivity contribution in [1.82, 2.24) is 10.6 Å². The van der Waals surface area contributed by atoms with Gasteiger partial charge in [0, 0.05) is 24.1 Å². The second-order valence-electron chi connectivity index (χ2n) is 8.11. The normalized spacial score (nSPS) is 11.8. The number of fused-ring (bicyclic) bond motifs is 3. The molecule has 2 aromatic carbocycles. The van der Waals surface area contributed by atoms with Crippen LogP contribution in [0.3, 0.4) is 0 Å². The van der Waals surface area contributed by atoms with Crippen molar-refractivity contribution in [3.63, 3.8) is 0 Å². The third kappa shape index (κ3) is 6.09. The van der Waals surface area contributed by atoms with Crippen molar-refractivity contribution in [3.05, 3.63) is 82.4 Å². The Morgan fingerprint density at radius 1 is 0.972 bits per heavy atom. The number of alkyl carbamates (subject to hydrolysis) is 1. The first-order valence-electron chi connectivity index (χ1n) is 11.4. The molecule has 0 aliphatic carbocycles. The van der Waals surface area contributed by atoms with Gasteiger partial charge in [-0.15, -0.1) is 0 Å². The van der Waals surface area contributed by atoms with E-state index in [1.165, 1.54) is 12.1 Å². The molecule has 186 valence electrons. The van der Waals surface area contributed by atoms with Crippen LogP contribution in [0.15, 0.2) is 74.3 Å². The van der Waals surface area contributed by atoms with Crippen LogP contribution in [-0.4, -0.2) is 35.7 Å². The molecule has 2 heterocycles. The van der Waals surface area contributed by atoms with E-state index in [-0.39, 0.29) is 25.3 Å². The molecule has 2 aromatic heterocycles. The number of carbonyl (C=O) groups excluding carboxylic acids is 2. The topological polar surface area (TPSA) is 148 Å². The maximum atomic E-state index is 12.5. The molecule has 4 rings (SSSR count). The number of carboxylic acid groups (broad SMARTS) is 1. The second kappa shape index (κ2) is 11.2. The van der Waals surface area contributed by atoms with Crippen LogP contribution in [0, 0.1) is 0 Å². The van der Waals surface area contributed by atoms with Gasteiger partial charge in [0.15, 0.2) is 5.76 Å². The molecule has 0 bridgehead atoms. The number of rotatable bonds is 10. The minimum absolute atomic E-state index is 0.0365. The van der Waals surface area contributed by atoms with E-state index in [4.69, 9.17) is 13.6 Å². The lowest BCUT2D eigenvalue weighted by atomic mass is 10.1. The van der Waals surface area contributed by atoms with Crippen molar-refractivity contribution in [2.24, 2.45) is 0 Å². The zero-order valence-corrected chi connectivity index (χ0v) is 19.2. The highest BCUT2D eigenvalue weighted by Crippen LogP contribution is 2.27. The summed E-state index contributed by atoms with van der Waals surface area (Å²) in [6, 6.07) is 15.8. The lowest BCUT2D eigenvalue weighted by molar-refractivity contribution is -0.139. The first kappa shape index (κ1) is 24.5. The van der Waals surface area contributed by atoms with Crippen LogP contribution >= 0.6 is 0 Å². The zero-order valence-electron chi connectivity index (χ0n) is 19.2. The number of nitrogens with one attached hydrogen (secondary N) is 2. The number of hydrogen-bond donors (Lipinski definition) is 3. The van der Waals surface area contributed by atoms with Gasteiger partial charge in [-0.3, -0.25) is 4.79 Å². The Bertz CT molecular complexity index is 1440. The molecule has 0 radical (unpaired) electrons. The number of ether oxygens (including phenoxy) is 1. The Kier molecular flexibility index (Phi) is 7.64. The van der Waals surface area contributed by atoms with Crippen LogP contribution in [0.5, 0.6) is 0 Å². The third-order valence-corrected chi connectivity index (χ3v) is 5.52. The summed E-state index contributed by atoms with van der Waals surface area (Å²) in [5.41, 5.74) is 1.05. The number of benzene rings is 2. The van der Waals surface area contributed by atoms with E-state index >= 15 is 0 Å². The quantitative estimate of drug-likeness (QED) is 0.224. The Labute approximate surface area is 204 Å². The van der Waals surface area contributed by atoms with E-state index in [9.17, 15) is 24.3 Å². The number of furan rings is 1. The monoisotopic (exact) mass is 492 g/mol. The van der Waals surface area contributed by atoms with Crippen molar-refractivity contribution in [3.8, 4) is 0 Å². The van der Waals surface area contributed by atoms with Crippen molar-refractivity contribution < 1.29 is 33.1 Å². The predicted molar refractivity (Wildman–Crippen MR) is 130 cm³/mol. The summed E-state index contributed by atoms with van der Waals surface area (Å²) in [7, 11) is 0. The van der Waals surface area contributed by atoms with Crippen molar-refractivity contribution in [1.29, 1.82) is 0 Å². The summed E-state index contributed by atoms with van der Waals surface area (Å²) in [6.07, 6.45) is 0.273. The van der Waals surface area contributed by atoms with Gasteiger partial charge < -0.3 is 29.3 Å². The maximum absolute atomic E-state index is 12.5. The number of carbonyl (C=O) groups is 3. The molecule has 3 N–H and O–H groups in total. The zero-order chi connectivity index (χ0) is 25.5. The van der Waals surface area contributed by atoms with Gasteiger partial charge in [-0.05, 0) is 43.0 Å². The molecular formula is C26H24N2O8. The smallest absolute Gasteiger partial charge is 0.408 e. The summed E-state index contributed by atoms with van der Waals surface area (Å²) in [6.45, 7) is 0.311. The number of hydrogen-bond acceptors (Lipinski definition) is 7. The Morgan fingerprint density at radius 3 is 2.53 bits per heavy atom. The Balaban J connectivity index is 1.23. The molecule has 0 aliphatic heterocycles. The van der Waals surface area contributed by atoms with Gasteiger partial charge in [-0.1, -0.05) is 30.3 Å². The largest absolute Gasteiger partial charge is 0.480 e. The lowest BCUT2D eigenvalue weighted by Crippen LogP contribution is -2.41. The van der Waals surface area contributed by atoms with Crippen LogP contribution in [-0.2, 0) is 16.1 Å². The van der Waals surface area contributed by atoms with Crippen LogP contribution in [0.25, 0.3) is 21.9 Å². The van der Waals surface area contributed by atoms with Gasteiger partial charge >= 0.3 is 17.7 Å². The van der Waals surface area contributed by atoms with Gasteiger partial charge in [0.1, 0.15) is 23.8 Å². The molecule has 10 heteroatoms. The summed E-state index contributed by atoms with van der Waals surface area (Å²) in [5, 5.41) is 15.7. The molecule has 0 saturated carbocycles. The Morgan fingerprint density at radius 2 is 1.75 bits per heavy atom. The van der Waals surface area contributed by atoms with Crippen molar-refractivity contribution in [2.75, 3.05) is 6.54 Å². The average Bonchev–Trinajstić information content (AvgIpc) is 3.32. The fourth-order valence-electron chi connectivity index (χ4n) is 3.68. The standard InChI is InChI=1S/C26H24N2O8/c29-22-12-10-17-9-11-20-18(23(17)36-22)14-21(35-20)24(30)27-13-5-4-8-19(25(31)32)28-26(33)34-15-16-6-2-1-3-7-16/h1-3,6-7,9-12,14,19H,4-5,8,13,15H2,(H,27,30)(H,28,33)(H,31,32)/t19-/m0/s1. The van der Waals surface area contributed by atoms with E-state index in [2.05, 4.69) is 10.6 Å². The van der Waals surface area contributed by atoms with Crippen LogP contribution in [0.4, 0.5) is 4.79 Å². The highest BCUT2D eigenvalue weighted by atomic mass is 16.5. The van der Waals surface area contributed by atoms with Crippen LogP contribution in [0.2, 0.25) is 0 Å². The number of unbranched alkanes of at least 4 members (excludes halogenated alkanes) is 1. The van der Waals surface area contributed by atoms with Gasteiger partial charge in [0.25, 0.3) is 5.91 Å². The Hall–Kier alpha value is -4.60. The highest BCUT2D eigenvalue weighted by Gasteiger charge is 2.20. The van der Waals surface area contributed by atoms with E-state index in [1.807, 2.05) is 18.2 Å². The maximum Gasteiger partial charge on any atom is 0.408 e. The first-order valence-corrected chi connectivity index (χ1v) is 11.4. The molecule has 4 aromatic rings. The second-order valence-corrected chi connectivity index (χ2v) is 8.11. The fraction of sp³-hybridized carbons (Fsp3) is 0.231. The van der Waals surface area contributed by atoms with Gasteiger partial charge in [0.05, 0.1) is 5.39 Å². The van der Waals surface area contributed by atoms with E-state index in [0.29, 0.717) is 34.8 Å². The lowest BCUT2D eigenvalue weighted by Gasteiger charge is -2.14. The SMILES string of the molecule is O=C(N[C@@H](CCCCNC(=O)c1cc2c(ccc3ccc(=O)oc32)o1)C(=O)O)OCc1ccccc1. The van der Waals surface area contributed by atoms with Crippen LogP contribution < -0.4 is 16.3 Å². The molecular weight excluding hydrogens is 468 g/mol. The first-order chi connectivity index (χ1) is 17.4. The van der Waals surface area contributed by atoms with E-state index in [0.717, 1.165) is 5.56 Å². The molecule has 0 aliphatic rings. The minimum atomic E-state index is -1.17. The summed E-state index contributed by atoms with van der Waals surface area (Å²) in [4.78, 5) is 47.5. The molecule has 0 fully saturated rings. The molecule has 1 atom stereocenters. The molecule has 0 spiro atoms. The summed E-state index contributed by atoms with van der Waals surface area (Å²) >= 11 is 0. The minimum Gasteiger partial charge on any atom is -0.480 e. The summed E-state index contributed by atoms with van der Waals surface area (Å²) < 4.78 is 15.9. The van der Waals surface area contributed by atoms with Crippen molar-refractivity contribution >= 4 is 39.9 Å². The molecule has 10 nitrogen and oxygen atoms in total. The average molecular weight is 492 g/mol. The van der Waals surface area contributed by atoms with Gasteiger partial charge in [-0.25, -0.2) is 14.4 Å². The molecule has 36 heavy (non-hydrogen) atoms. The van der Waals surface area contributed by atoms with Crippen LogP contribution in [0.1, 0.15) is 35.4 Å². The third-order valence-electron chi connectivity index (χ3n) is 5.52. The van der Waals surface area contributed by atoms with E-state index < -0.39 is 29.6 Å². The van der Waals surface area contributed by atoms with Gasteiger partial charge in [-0.2, -0.15) is 0 Å². The molecule has 0 unspecified atom stereocenters. The molecule has 2 amide bonds. The fourth-order valence-corrected chi connectivity index (χ4v) is 3.68. The summed E-state index contributed by atoms with van der Waals surface area (Å²) in [5.74, 6) is -1.55. The number of aliphatic carboxylic acids is 1. The molecule has 0 saturated heterocycles. The van der Waals surface area contributed by atoms with Crippen molar-refractivity contribution in [2.45, 2.75) is 31.9 Å². The number of carboxylic acids is 1. The number of amides is 2. The highest BCUT2D eigenvalue weighted by molar-refractivity contribution is 6.05.